The lowest BCUT2D eigenvalue weighted by atomic mass is 9.73. The Labute approximate surface area is 222 Å². The zero-order valence-electron chi connectivity index (χ0n) is 23.4. The van der Waals surface area contributed by atoms with Crippen molar-refractivity contribution in [1.29, 1.82) is 0 Å². The number of aliphatic hydroxyl groups is 1. The van der Waals surface area contributed by atoms with Gasteiger partial charge in [-0.2, -0.15) is 9.78 Å². The highest BCUT2D eigenvalue weighted by molar-refractivity contribution is 5.70. The molecule has 0 aromatic heterocycles. The van der Waals surface area contributed by atoms with Crippen LogP contribution in [0, 0.1) is 11.8 Å². The van der Waals surface area contributed by atoms with E-state index in [1.165, 1.54) is 0 Å². The molecule has 0 aromatic carbocycles. The normalized spacial score (nSPS) is 25.2. The van der Waals surface area contributed by atoms with Crippen LogP contribution in [-0.4, -0.2) is 48.1 Å². The van der Waals surface area contributed by atoms with Crippen molar-refractivity contribution in [3.05, 3.63) is 24.7 Å². The minimum Gasteiger partial charge on any atom is -0.465 e. The van der Waals surface area contributed by atoms with Crippen LogP contribution in [0.3, 0.4) is 0 Å². The fraction of sp³-hybridized carbons (Fsp3) is 0.786. The zero-order chi connectivity index (χ0) is 27.8. The molecular formula is C28H48O9. The van der Waals surface area contributed by atoms with E-state index in [9.17, 15) is 14.7 Å². The average molecular weight is 529 g/mol. The standard InChI is InChI=1S/C28H48O9/c1-8-12-16-23(29)32-18-22-21(7)26(36-34-19(5)14-10-3)28(37-35-20(6)15-11-4)25(31)27(22)33-24(30)17-13-9-2/h21-22,25-28,31H,5-6,8-18H2,1-4,7H3. The number of esters is 2. The highest BCUT2D eigenvalue weighted by Gasteiger charge is 2.54. The fourth-order valence-electron chi connectivity index (χ4n) is 4.14. The second kappa shape index (κ2) is 18.2. The second-order valence-electron chi connectivity index (χ2n) is 9.72. The summed E-state index contributed by atoms with van der Waals surface area (Å²) >= 11 is 0. The van der Waals surface area contributed by atoms with Gasteiger partial charge in [0.25, 0.3) is 0 Å². The monoisotopic (exact) mass is 528 g/mol. The Morgan fingerprint density at radius 2 is 1.24 bits per heavy atom. The van der Waals surface area contributed by atoms with Gasteiger partial charge in [-0.1, -0.05) is 60.6 Å². The molecule has 9 heteroatoms. The first-order valence-corrected chi connectivity index (χ1v) is 13.7. The molecular weight excluding hydrogens is 480 g/mol. The molecule has 1 aliphatic carbocycles. The molecule has 0 bridgehead atoms. The van der Waals surface area contributed by atoms with Crippen molar-refractivity contribution >= 4 is 11.9 Å². The Hall–Kier alpha value is -2.10. The van der Waals surface area contributed by atoms with E-state index in [2.05, 4.69) is 13.2 Å². The van der Waals surface area contributed by atoms with Crippen molar-refractivity contribution in [2.45, 2.75) is 123 Å². The largest absolute Gasteiger partial charge is 0.465 e. The van der Waals surface area contributed by atoms with Crippen LogP contribution in [-0.2, 0) is 38.6 Å². The van der Waals surface area contributed by atoms with Crippen LogP contribution in [0.25, 0.3) is 0 Å². The van der Waals surface area contributed by atoms with E-state index >= 15 is 0 Å². The molecule has 1 aliphatic rings. The lowest BCUT2D eigenvalue weighted by molar-refractivity contribution is -0.403. The summed E-state index contributed by atoms with van der Waals surface area (Å²) in [6, 6.07) is 0. The van der Waals surface area contributed by atoms with Crippen LogP contribution >= 0.6 is 0 Å². The van der Waals surface area contributed by atoms with Gasteiger partial charge in [-0.05, 0) is 31.6 Å². The SMILES string of the molecule is C=C(CCC)OOC1C(C)C(COC(=O)CCCC)C(OC(=O)CCCC)C(O)C1OOC(=C)CCC. The molecule has 1 saturated carbocycles. The Balaban J connectivity index is 3.20. The molecule has 214 valence electrons. The van der Waals surface area contributed by atoms with Crippen LogP contribution in [0.5, 0.6) is 0 Å². The first kappa shape index (κ1) is 32.9. The molecule has 1 N–H and O–H groups in total. The highest BCUT2D eigenvalue weighted by atomic mass is 17.2. The van der Waals surface area contributed by atoms with Crippen molar-refractivity contribution in [3.63, 3.8) is 0 Å². The Bertz CT molecular complexity index is 708. The summed E-state index contributed by atoms with van der Waals surface area (Å²) < 4.78 is 11.3. The summed E-state index contributed by atoms with van der Waals surface area (Å²) in [4.78, 5) is 47.0. The summed E-state index contributed by atoms with van der Waals surface area (Å²) in [5.41, 5.74) is 0. The third kappa shape index (κ3) is 11.4. The van der Waals surface area contributed by atoms with Crippen molar-refractivity contribution in [2.75, 3.05) is 6.61 Å². The van der Waals surface area contributed by atoms with Gasteiger partial charge in [0.1, 0.15) is 29.8 Å². The molecule has 6 unspecified atom stereocenters. The van der Waals surface area contributed by atoms with Gasteiger partial charge in [-0.3, -0.25) is 9.59 Å². The summed E-state index contributed by atoms with van der Waals surface area (Å²) in [5, 5.41) is 11.4. The van der Waals surface area contributed by atoms with Crippen LogP contribution in [0.2, 0.25) is 0 Å². The Morgan fingerprint density at radius 3 is 1.76 bits per heavy atom. The lowest BCUT2D eigenvalue weighted by Gasteiger charge is -2.45. The second-order valence-corrected chi connectivity index (χ2v) is 9.72. The van der Waals surface area contributed by atoms with Gasteiger partial charge in [0.05, 0.1) is 6.61 Å². The quantitative estimate of drug-likeness (QED) is 0.0975. The van der Waals surface area contributed by atoms with Gasteiger partial charge >= 0.3 is 11.9 Å². The number of carbonyl (C=O) groups is 2. The van der Waals surface area contributed by atoms with Crippen LogP contribution in [0.4, 0.5) is 0 Å². The molecule has 0 aromatic rings. The summed E-state index contributed by atoms with van der Waals surface area (Å²) in [7, 11) is 0. The number of hydrogen-bond acceptors (Lipinski definition) is 9. The number of ether oxygens (including phenoxy) is 2. The maximum atomic E-state index is 12.6. The fourth-order valence-corrected chi connectivity index (χ4v) is 4.14. The third-order valence-electron chi connectivity index (χ3n) is 6.40. The smallest absolute Gasteiger partial charge is 0.306 e. The number of allylic oxidation sites excluding steroid dienone is 2. The van der Waals surface area contributed by atoms with E-state index in [1.54, 1.807) is 0 Å². The van der Waals surface area contributed by atoms with Crippen molar-refractivity contribution in [3.8, 4) is 0 Å². The molecule has 0 aliphatic heterocycles. The number of unbranched alkanes of at least 4 members (excludes halogenated alkanes) is 2. The van der Waals surface area contributed by atoms with Crippen LogP contribution in [0.15, 0.2) is 24.7 Å². The minimum atomic E-state index is -1.34. The molecule has 0 amide bonds. The average Bonchev–Trinajstić information content (AvgIpc) is 2.86. The number of hydrogen-bond donors (Lipinski definition) is 1. The molecule has 0 saturated heterocycles. The van der Waals surface area contributed by atoms with Gasteiger partial charge in [-0.25, -0.2) is 0 Å². The molecule has 0 heterocycles. The van der Waals surface area contributed by atoms with Crippen molar-refractivity contribution in [1.82, 2.24) is 0 Å². The van der Waals surface area contributed by atoms with Gasteiger partial charge in [0, 0.05) is 31.6 Å². The summed E-state index contributed by atoms with van der Waals surface area (Å²) in [6.45, 7) is 17.4. The number of rotatable bonds is 19. The number of carbonyl (C=O) groups excluding carboxylic acids is 2. The van der Waals surface area contributed by atoms with E-state index in [-0.39, 0.29) is 19.0 Å². The van der Waals surface area contributed by atoms with Gasteiger partial charge in [-0.15, -0.1) is 0 Å². The highest BCUT2D eigenvalue weighted by Crippen LogP contribution is 2.38. The molecule has 37 heavy (non-hydrogen) atoms. The molecule has 9 nitrogen and oxygen atoms in total. The first-order valence-electron chi connectivity index (χ1n) is 13.7. The predicted molar refractivity (Wildman–Crippen MR) is 139 cm³/mol. The Kier molecular flexibility index (Phi) is 16.2. The van der Waals surface area contributed by atoms with Crippen LogP contribution in [0.1, 0.15) is 98.8 Å². The first-order chi connectivity index (χ1) is 17.7. The van der Waals surface area contributed by atoms with E-state index in [0.29, 0.717) is 43.6 Å². The maximum Gasteiger partial charge on any atom is 0.306 e. The van der Waals surface area contributed by atoms with E-state index in [1.807, 2.05) is 34.6 Å². The zero-order valence-corrected chi connectivity index (χ0v) is 23.4. The summed E-state index contributed by atoms with van der Waals surface area (Å²) in [6.07, 6.45) is 2.07. The topological polar surface area (TPSA) is 110 Å². The Morgan fingerprint density at radius 1 is 0.730 bits per heavy atom. The van der Waals surface area contributed by atoms with Gasteiger partial charge < -0.3 is 24.4 Å². The van der Waals surface area contributed by atoms with E-state index in [0.717, 1.165) is 25.7 Å². The van der Waals surface area contributed by atoms with Crippen LogP contribution < -0.4 is 0 Å². The van der Waals surface area contributed by atoms with Gasteiger partial charge in [0.2, 0.25) is 0 Å². The molecule has 0 radical (unpaired) electrons. The van der Waals surface area contributed by atoms with Crippen molar-refractivity contribution in [2.24, 2.45) is 11.8 Å². The third-order valence-corrected chi connectivity index (χ3v) is 6.40. The molecule has 0 spiro atoms. The van der Waals surface area contributed by atoms with Gasteiger partial charge in [0.15, 0.2) is 6.10 Å². The van der Waals surface area contributed by atoms with E-state index in [4.69, 9.17) is 29.0 Å². The summed E-state index contributed by atoms with van der Waals surface area (Å²) in [5.74, 6) is -0.966. The van der Waals surface area contributed by atoms with E-state index < -0.39 is 42.2 Å². The molecule has 1 fully saturated rings. The maximum absolute atomic E-state index is 12.6. The molecule has 6 atom stereocenters. The predicted octanol–water partition coefficient (Wildman–Crippen LogP) is 5.71. The van der Waals surface area contributed by atoms with Crippen molar-refractivity contribution < 1.29 is 43.7 Å². The lowest BCUT2D eigenvalue weighted by Crippen LogP contribution is -2.61. The molecule has 1 rings (SSSR count). The number of aliphatic hydroxyl groups excluding tert-OH is 1. The minimum absolute atomic E-state index is 0.0572.